The van der Waals surface area contributed by atoms with Crippen LogP contribution in [0.5, 0.6) is 0 Å². The molecule has 0 radical (unpaired) electrons. The standard InChI is InChI=1S/C11H16N2O2/c1-8(2)5-7-13-10-9(11(14)15)4-3-6-12-10/h3-4,6,8H,5,7H2,1-2H3,(H,12,13)(H,14,15). The third-order valence-electron chi connectivity index (χ3n) is 2.05. The monoisotopic (exact) mass is 208 g/mol. The van der Waals surface area contributed by atoms with Crippen molar-refractivity contribution in [1.29, 1.82) is 0 Å². The van der Waals surface area contributed by atoms with E-state index in [0.29, 0.717) is 11.7 Å². The second-order valence-corrected chi connectivity index (χ2v) is 3.81. The maximum absolute atomic E-state index is 10.8. The molecule has 2 N–H and O–H groups in total. The van der Waals surface area contributed by atoms with Gasteiger partial charge in [-0.3, -0.25) is 0 Å². The highest BCUT2D eigenvalue weighted by Crippen LogP contribution is 2.11. The number of aromatic nitrogens is 1. The lowest BCUT2D eigenvalue weighted by molar-refractivity contribution is 0.0697. The van der Waals surface area contributed by atoms with Crippen molar-refractivity contribution in [3.8, 4) is 0 Å². The van der Waals surface area contributed by atoms with Crippen molar-refractivity contribution < 1.29 is 9.90 Å². The summed E-state index contributed by atoms with van der Waals surface area (Å²) in [5, 5.41) is 11.9. The minimum Gasteiger partial charge on any atom is -0.478 e. The fourth-order valence-electron chi connectivity index (χ4n) is 1.20. The van der Waals surface area contributed by atoms with Crippen molar-refractivity contribution in [1.82, 2.24) is 4.98 Å². The summed E-state index contributed by atoms with van der Waals surface area (Å²) in [5.41, 5.74) is 0.223. The van der Waals surface area contributed by atoms with E-state index < -0.39 is 5.97 Å². The molecule has 0 amide bonds. The van der Waals surface area contributed by atoms with Crippen LogP contribution in [0.15, 0.2) is 18.3 Å². The Morgan fingerprint density at radius 2 is 2.33 bits per heavy atom. The van der Waals surface area contributed by atoms with Crippen LogP contribution in [0.3, 0.4) is 0 Å². The van der Waals surface area contributed by atoms with Crippen LogP contribution in [0.25, 0.3) is 0 Å². The first-order chi connectivity index (χ1) is 7.11. The largest absolute Gasteiger partial charge is 0.478 e. The third-order valence-corrected chi connectivity index (χ3v) is 2.05. The molecule has 82 valence electrons. The van der Waals surface area contributed by atoms with Gasteiger partial charge in [0.2, 0.25) is 0 Å². The molecule has 4 nitrogen and oxygen atoms in total. The number of nitrogens with zero attached hydrogens (tertiary/aromatic N) is 1. The van der Waals surface area contributed by atoms with Crippen molar-refractivity contribution >= 4 is 11.8 Å². The fourth-order valence-corrected chi connectivity index (χ4v) is 1.20. The van der Waals surface area contributed by atoms with Crippen LogP contribution >= 0.6 is 0 Å². The predicted molar refractivity (Wildman–Crippen MR) is 59.1 cm³/mol. The molecule has 1 heterocycles. The highest BCUT2D eigenvalue weighted by atomic mass is 16.4. The zero-order valence-electron chi connectivity index (χ0n) is 9.03. The molecule has 0 bridgehead atoms. The average Bonchev–Trinajstić information content (AvgIpc) is 2.17. The Morgan fingerprint density at radius 3 is 2.93 bits per heavy atom. The summed E-state index contributed by atoms with van der Waals surface area (Å²) in [6.45, 7) is 4.99. The lowest BCUT2D eigenvalue weighted by atomic mass is 10.1. The SMILES string of the molecule is CC(C)CCNc1ncccc1C(=O)O. The molecule has 4 heteroatoms. The van der Waals surface area contributed by atoms with Gasteiger partial charge in [-0.2, -0.15) is 0 Å². The number of hydrogen-bond donors (Lipinski definition) is 2. The lowest BCUT2D eigenvalue weighted by Gasteiger charge is -2.09. The highest BCUT2D eigenvalue weighted by molar-refractivity contribution is 5.92. The van der Waals surface area contributed by atoms with Crippen molar-refractivity contribution in [2.75, 3.05) is 11.9 Å². The molecule has 0 spiro atoms. The second-order valence-electron chi connectivity index (χ2n) is 3.81. The smallest absolute Gasteiger partial charge is 0.339 e. The quantitative estimate of drug-likeness (QED) is 0.779. The number of hydrogen-bond acceptors (Lipinski definition) is 3. The number of anilines is 1. The molecule has 0 aliphatic carbocycles. The molecule has 0 aromatic carbocycles. The van der Waals surface area contributed by atoms with Gasteiger partial charge in [0, 0.05) is 12.7 Å². The summed E-state index contributed by atoms with van der Waals surface area (Å²) in [6.07, 6.45) is 2.58. The van der Waals surface area contributed by atoms with Crippen LogP contribution in [0, 0.1) is 5.92 Å². The molecule has 0 fully saturated rings. The molecule has 0 aliphatic rings. The van der Waals surface area contributed by atoms with Crippen molar-refractivity contribution in [2.45, 2.75) is 20.3 Å². The van der Waals surface area contributed by atoms with Gasteiger partial charge in [0.1, 0.15) is 11.4 Å². The summed E-state index contributed by atoms with van der Waals surface area (Å²) in [4.78, 5) is 14.8. The topological polar surface area (TPSA) is 62.2 Å². The normalized spacial score (nSPS) is 10.3. The van der Waals surface area contributed by atoms with Crippen LogP contribution in [-0.2, 0) is 0 Å². The van der Waals surface area contributed by atoms with E-state index in [1.807, 2.05) is 0 Å². The van der Waals surface area contributed by atoms with Gasteiger partial charge in [0.25, 0.3) is 0 Å². The first-order valence-electron chi connectivity index (χ1n) is 5.03. The molecule has 0 unspecified atom stereocenters. The molecule has 0 aliphatic heterocycles. The van der Waals surface area contributed by atoms with Gasteiger partial charge < -0.3 is 10.4 Å². The molecule has 1 aromatic rings. The number of aromatic carboxylic acids is 1. The number of pyridine rings is 1. The third kappa shape index (κ3) is 3.58. The van der Waals surface area contributed by atoms with E-state index >= 15 is 0 Å². The molecule has 1 aromatic heterocycles. The number of rotatable bonds is 5. The Labute approximate surface area is 89.3 Å². The maximum Gasteiger partial charge on any atom is 0.339 e. The van der Waals surface area contributed by atoms with Crippen molar-refractivity contribution in [3.63, 3.8) is 0 Å². The van der Waals surface area contributed by atoms with Gasteiger partial charge in [-0.15, -0.1) is 0 Å². The van der Waals surface area contributed by atoms with Gasteiger partial charge in [-0.25, -0.2) is 9.78 Å². The van der Waals surface area contributed by atoms with E-state index in [-0.39, 0.29) is 5.56 Å². The van der Waals surface area contributed by atoms with Crippen LogP contribution in [0.2, 0.25) is 0 Å². The van der Waals surface area contributed by atoms with Gasteiger partial charge in [0.05, 0.1) is 0 Å². The fraction of sp³-hybridized carbons (Fsp3) is 0.455. The van der Waals surface area contributed by atoms with E-state index in [1.54, 1.807) is 18.3 Å². The number of carbonyl (C=O) groups is 1. The Kier molecular flexibility index (Phi) is 4.09. The molecule has 15 heavy (non-hydrogen) atoms. The molecule has 0 saturated heterocycles. The van der Waals surface area contributed by atoms with Crippen LogP contribution < -0.4 is 5.32 Å². The molecule has 0 saturated carbocycles. The molecule has 1 rings (SSSR count). The van der Waals surface area contributed by atoms with E-state index in [1.165, 1.54) is 0 Å². The molecular formula is C11H16N2O2. The Bertz CT molecular complexity index is 337. The van der Waals surface area contributed by atoms with Crippen molar-refractivity contribution in [2.24, 2.45) is 5.92 Å². The summed E-state index contributed by atoms with van der Waals surface area (Å²) >= 11 is 0. The van der Waals surface area contributed by atoms with Gasteiger partial charge >= 0.3 is 5.97 Å². The van der Waals surface area contributed by atoms with Crippen LogP contribution in [0.4, 0.5) is 5.82 Å². The number of nitrogens with one attached hydrogen (secondary N) is 1. The zero-order chi connectivity index (χ0) is 11.3. The first-order valence-corrected chi connectivity index (χ1v) is 5.03. The molecular weight excluding hydrogens is 192 g/mol. The lowest BCUT2D eigenvalue weighted by Crippen LogP contribution is -2.10. The zero-order valence-corrected chi connectivity index (χ0v) is 9.03. The van der Waals surface area contributed by atoms with E-state index in [4.69, 9.17) is 5.11 Å². The summed E-state index contributed by atoms with van der Waals surface area (Å²) < 4.78 is 0. The predicted octanol–water partition coefficient (Wildman–Crippen LogP) is 2.24. The average molecular weight is 208 g/mol. The van der Waals surface area contributed by atoms with E-state index in [0.717, 1.165) is 13.0 Å². The highest BCUT2D eigenvalue weighted by Gasteiger charge is 2.09. The number of carboxylic acids is 1. The minimum absolute atomic E-state index is 0.223. The van der Waals surface area contributed by atoms with E-state index in [9.17, 15) is 4.79 Å². The number of carboxylic acid groups (broad SMARTS) is 1. The summed E-state index contributed by atoms with van der Waals surface area (Å²) in [6, 6.07) is 3.17. The minimum atomic E-state index is -0.949. The maximum atomic E-state index is 10.8. The molecule has 0 atom stereocenters. The Hall–Kier alpha value is -1.58. The summed E-state index contributed by atoms with van der Waals surface area (Å²) in [5.74, 6) is 0.0929. The Morgan fingerprint density at radius 1 is 1.60 bits per heavy atom. The van der Waals surface area contributed by atoms with Crippen LogP contribution in [0.1, 0.15) is 30.6 Å². The van der Waals surface area contributed by atoms with Gasteiger partial charge in [-0.05, 0) is 24.5 Å². The Balaban J connectivity index is 2.63. The van der Waals surface area contributed by atoms with Gasteiger partial charge in [-0.1, -0.05) is 13.8 Å². The summed E-state index contributed by atoms with van der Waals surface area (Å²) in [7, 11) is 0. The van der Waals surface area contributed by atoms with Crippen molar-refractivity contribution in [3.05, 3.63) is 23.9 Å². The second kappa shape index (κ2) is 5.34. The van der Waals surface area contributed by atoms with Crippen LogP contribution in [-0.4, -0.2) is 22.6 Å². The first kappa shape index (κ1) is 11.5. The van der Waals surface area contributed by atoms with Gasteiger partial charge in [0.15, 0.2) is 0 Å². The van der Waals surface area contributed by atoms with E-state index in [2.05, 4.69) is 24.1 Å².